The predicted molar refractivity (Wildman–Crippen MR) is 90.7 cm³/mol. The van der Waals surface area contributed by atoms with Crippen molar-refractivity contribution in [2.24, 2.45) is 0 Å². The van der Waals surface area contributed by atoms with E-state index in [1.807, 2.05) is 13.8 Å². The largest absolute Gasteiger partial charge is 0.356 e. The van der Waals surface area contributed by atoms with Crippen LogP contribution in [0, 0.1) is 0 Å². The Morgan fingerprint density at radius 2 is 1.14 bits per heavy atom. The average molecular weight is 312 g/mol. The Morgan fingerprint density at radius 1 is 0.727 bits per heavy atom. The van der Waals surface area contributed by atoms with Crippen molar-refractivity contribution in [3.63, 3.8) is 0 Å². The summed E-state index contributed by atoms with van der Waals surface area (Å²) in [6.07, 6.45) is 7.18. The monoisotopic (exact) mass is 312 g/mol. The minimum atomic E-state index is 0.111. The number of rotatable bonds is 14. The Hall–Kier alpha value is -1.40. The van der Waals surface area contributed by atoms with Crippen LogP contribution in [-0.4, -0.2) is 51.1 Å². The van der Waals surface area contributed by atoms with Crippen LogP contribution in [-0.2, 0) is 9.59 Å². The molecule has 128 valence electrons. The second kappa shape index (κ2) is 16.0. The molecule has 0 fully saturated rings. The topological polar surface area (TPSA) is 82.3 Å². The summed E-state index contributed by atoms with van der Waals surface area (Å²) in [4.78, 5) is 22.0. The summed E-state index contributed by atoms with van der Waals surface area (Å²) < 4.78 is 0. The van der Waals surface area contributed by atoms with Gasteiger partial charge in [0.1, 0.15) is 0 Å². The number of hydrogen-bond acceptors (Lipinski definition) is 4. The van der Waals surface area contributed by atoms with E-state index in [-0.39, 0.29) is 11.8 Å². The lowest BCUT2D eigenvalue weighted by Crippen LogP contribution is -2.27. The van der Waals surface area contributed by atoms with Gasteiger partial charge in [-0.3, -0.25) is 9.59 Å². The molecule has 0 heterocycles. The first-order valence-corrected chi connectivity index (χ1v) is 8.30. The van der Waals surface area contributed by atoms with Crippen LogP contribution in [0.5, 0.6) is 0 Å². The molecule has 0 saturated heterocycles. The summed E-state index contributed by atoms with van der Waals surface area (Å²) in [5, 5.41) is 12.3. The van der Waals surface area contributed by atoms with Crippen LogP contribution in [0.4, 0.5) is 0 Å². The van der Waals surface area contributed by atoms with Crippen LogP contribution in [0.1, 0.15) is 39.5 Å². The Kier molecular flexibility index (Phi) is 15.0. The molecule has 0 aliphatic heterocycles. The van der Waals surface area contributed by atoms with Crippen molar-refractivity contribution in [2.75, 3.05) is 39.3 Å². The number of carbonyl (C=O) groups is 2. The van der Waals surface area contributed by atoms with E-state index in [0.29, 0.717) is 12.8 Å². The van der Waals surface area contributed by atoms with Gasteiger partial charge in [-0.05, 0) is 25.9 Å². The summed E-state index contributed by atoms with van der Waals surface area (Å²) in [6.45, 7) is 8.67. The molecule has 6 heteroatoms. The Morgan fingerprint density at radius 3 is 1.50 bits per heavy atom. The lowest BCUT2D eigenvalue weighted by atomic mass is 10.3. The van der Waals surface area contributed by atoms with Crippen molar-refractivity contribution in [1.82, 2.24) is 21.3 Å². The third-order valence-electron chi connectivity index (χ3n) is 3.04. The van der Waals surface area contributed by atoms with Gasteiger partial charge in [-0.2, -0.15) is 0 Å². The molecule has 0 aromatic heterocycles. The van der Waals surface area contributed by atoms with Crippen LogP contribution >= 0.6 is 0 Å². The molecule has 0 atom stereocenters. The second-order valence-electron chi connectivity index (χ2n) is 4.99. The van der Waals surface area contributed by atoms with Gasteiger partial charge in [0.25, 0.3) is 0 Å². The van der Waals surface area contributed by atoms with E-state index in [4.69, 9.17) is 0 Å². The van der Waals surface area contributed by atoms with E-state index in [1.54, 1.807) is 0 Å². The normalized spacial score (nSPS) is 10.8. The maximum atomic E-state index is 11.0. The van der Waals surface area contributed by atoms with E-state index in [9.17, 15) is 9.59 Å². The zero-order chi connectivity index (χ0) is 16.5. The minimum absolute atomic E-state index is 0.111. The van der Waals surface area contributed by atoms with Crippen LogP contribution < -0.4 is 21.3 Å². The first-order chi connectivity index (χ1) is 10.7. The van der Waals surface area contributed by atoms with Crippen LogP contribution in [0.2, 0.25) is 0 Å². The highest BCUT2D eigenvalue weighted by Gasteiger charge is 1.94. The zero-order valence-corrected chi connectivity index (χ0v) is 14.0. The molecule has 0 saturated carbocycles. The number of hydrogen-bond donors (Lipinski definition) is 4. The van der Waals surface area contributed by atoms with Crippen molar-refractivity contribution >= 4 is 11.8 Å². The molecule has 0 spiro atoms. The van der Waals surface area contributed by atoms with Gasteiger partial charge in [-0.15, -0.1) is 0 Å². The Balaban J connectivity index is 3.18. The molecule has 0 radical (unpaired) electrons. The molecule has 0 aromatic rings. The van der Waals surface area contributed by atoms with Crippen molar-refractivity contribution in [3.8, 4) is 0 Å². The number of amides is 2. The predicted octanol–water partition coefficient (Wildman–Crippen LogP) is 0.554. The van der Waals surface area contributed by atoms with Crippen LogP contribution in [0.25, 0.3) is 0 Å². The lowest BCUT2D eigenvalue weighted by Gasteiger charge is -2.04. The summed E-state index contributed by atoms with van der Waals surface area (Å²) in [7, 11) is 0. The molecule has 0 unspecified atom stereocenters. The molecule has 0 bridgehead atoms. The van der Waals surface area contributed by atoms with Gasteiger partial charge < -0.3 is 21.3 Å². The molecular formula is C16H32N4O2. The Labute approximate surface area is 134 Å². The standard InChI is InChI=1S/C16H32N4O2/c1-3-15(21)19-13-7-11-17-9-5-6-10-18-12-8-14-20-16(22)4-2/h5-6,17-18H,3-4,7-14H2,1-2H3,(H,19,21)(H,20,22)/b6-5+. The smallest absolute Gasteiger partial charge is 0.219 e. The van der Waals surface area contributed by atoms with Gasteiger partial charge in [0.15, 0.2) is 0 Å². The highest BCUT2D eigenvalue weighted by molar-refractivity contribution is 5.75. The van der Waals surface area contributed by atoms with Crippen LogP contribution in [0.3, 0.4) is 0 Å². The van der Waals surface area contributed by atoms with Crippen molar-refractivity contribution in [3.05, 3.63) is 12.2 Å². The minimum Gasteiger partial charge on any atom is -0.356 e. The summed E-state index contributed by atoms with van der Waals surface area (Å²) in [5.74, 6) is 0.223. The van der Waals surface area contributed by atoms with Crippen molar-refractivity contribution < 1.29 is 9.59 Å². The van der Waals surface area contributed by atoms with Gasteiger partial charge in [-0.1, -0.05) is 26.0 Å². The fourth-order valence-electron chi connectivity index (χ4n) is 1.67. The summed E-state index contributed by atoms with van der Waals surface area (Å²) in [5.41, 5.74) is 0. The molecule has 0 aliphatic rings. The molecule has 0 aromatic carbocycles. The van der Waals surface area contributed by atoms with Gasteiger partial charge in [-0.25, -0.2) is 0 Å². The molecule has 0 aliphatic carbocycles. The van der Waals surface area contributed by atoms with Gasteiger partial charge in [0, 0.05) is 39.0 Å². The SMILES string of the molecule is CCC(=O)NCCCNC/C=C/CNCCCNC(=O)CC. The zero-order valence-electron chi connectivity index (χ0n) is 14.0. The Bertz CT molecular complexity index is 289. The number of carbonyl (C=O) groups excluding carboxylic acids is 2. The molecule has 22 heavy (non-hydrogen) atoms. The second-order valence-corrected chi connectivity index (χ2v) is 4.99. The molecule has 2 amide bonds. The third kappa shape index (κ3) is 15.0. The fourth-order valence-corrected chi connectivity index (χ4v) is 1.67. The quantitative estimate of drug-likeness (QED) is 0.279. The van der Waals surface area contributed by atoms with E-state index in [0.717, 1.165) is 52.1 Å². The first kappa shape index (κ1) is 20.6. The van der Waals surface area contributed by atoms with Gasteiger partial charge in [0.2, 0.25) is 11.8 Å². The molecule has 0 rings (SSSR count). The van der Waals surface area contributed by atoms with E-state index in [2.05, 4.69) is 33.4 Å². The molecule has 4 N–H and O–H groups in total. The van der Waals surface area contributed by atoms with E-state index < -0.39 is 0 Å². The average Bonchev–Trinajstić information content (AvgIpc) is 2.54. The maximum Gasteiger partial charge on any atom is 0.219 e. The van der Waals surface area contributed by atoms with E-state index in [1.165, 1.54) is 0 Å². The highest BCUT2D eigenvalue weighted by atomic mass is 16.2. The fraction of sp³-hybridized carbons (Fsp3) is 0.750. The molecular weight excluding hydrogens is 280 g/mol. The lowest BCUT2D eigenvalue weighted by molar-refractivity contribution is -0.121. The van der Waals surface area contributed by atoms with Gasteiger partial charge >= 0.3 is 0 Å². The summed E-state index contributed by atoms with van der Waals surface area (Å²) >= 11 is 0. The first-order valence-electron chi connectivity index (χ1n) is 8.30. The number of nitrogens with one attached hydrogen (secondary N) is 4. The maximum absolute atomic E-state index is 11.0. The van der Waals surface area contributed by atoms with Crippen LogP contribution in [0.15, 0.2) is 12.2 Å². The van der Waals surface area contributed by atoms with Crippen molar-refractivity contribution in [2.45, 2.75) is 39.5 Å². The third-order valence-corrected chi connectivity index (χ3v) is 3.04. The van der Waals surface area contributed by atoms with E-state index >= 15 is 0 Å². The highest BCUT2D eigenvalue weighted by Crippen LogP contribution is 1.80. The summed E-state index contributed by atoms with van der Waals surface area (Å²) in [6, 6.07) is 0. The molecule has 6 nitrogen and oxygen atoms in total. The van der Waals surface area contributed by atoms with Crippen molar-refractivity contribution in [1.29, 1.82) is 0 Å². The van der Waals surface area contributed by atoms with Gasteiger partial charge in [0.05, 0.1) is 0 Å².